The molecule has 0 saturated carbocycles. The van der Waals surface area contributed by atoms with Crippen LogP contribution in [0.25, 0.3) is 33.4 Å². The Labute approximate surface area is 332 Å². The lowest BCUT2D eigenvalue weighted by Gasteiger charge is -2.42. The average Bonchev–Trinajstić information content (AvgIpc) is 3.31. The Morgan fingerprint density at radius 1 is 0.364 bits per heavy atom. The Morgan fingerprint density at radius 3 is 0.891 bits per heavy atom. The van der Waals surface area contributed by atoms with E-state index in [2.05, 4.69) is 199 Å². The molecule has 0 aromatic heterocycles. The second-order valence-corrected chi connectivity index (χ2v) is 20.4. The minimum Gasteiger partial charge on any atom is -0.0636 e. The van der Waals surface area contributed by atoms with Crippen molar-refractivity contribution < 1.29 is 0 Å². The quantitative estimate of drug-likeness (QED) is 0.113. The molecule has 6 aromatic rings. The summed E-state index contributed by atoms with van der Waals surface area (Å²) in [5.41, 5.74) is 24.5. The van der Waals surface area contributed by atoms with Gasteiger partial charge in [-0.1, -0.05) is 149 Å². The minimum absolute atomic E-state index is 0.279. The van der Waals surface area contributed by atoms with E-state index in [0.717, 1.165) is 0 Å². The molecule has 6 aromatic carbocycles. The van der Waals surface area contributed by atoms with Crippen molar-refractivity contribution in [2.24, 2.45) is 5.92 Å². The highest BCUT2D eigenvalue weighted by molar-refractivity contribution is 7.18. The summed E-state index contributed by atoms with van der Waals surface area (Å²) in [5, 5.41) is 6.03. The molecule has 1 atom stereocenters. The fourth-order valence-corrected chi connectivity index (χ4v) is 17.0. The Morgan fingerprint density at radius 2 is 0.636 bits per heavy atom. The normalized spacial score (nSPS) is 14.7. The van der Waals surface area contributed by atoms with E-state index in [1.807, 2.05) is 0 Å². The number of hydrogen-bond donors (Lipinski definition) is 0. The van der Waals surface area contributed by atoms with E-state index < -0.39 is 8.07 Å². The van der Waals surface area contributed by atoms with Crippen molar-refractivity contribution in [1.82, 2.24) is 0 Å². The largest absolute Gasteiger partial charge is 0.178 e. The van der Waals surface area contributed by atoms with Gasteiger partial charge in [-0.25, -0.2) is 0 Å². The molecule has 7 rings (SSSR count). The van der Waals surface area contributed by atoms with Crippen molar-refractivity contribution in [2.45, 2.75) is 90.0 Å². The molecule has 0 fully saturated rings. The summed E-state index contributed by atoms with van der Waals surface area (Å²) in [4.78, 5) is 0. The van der Waals surface area contributed by atoms with Crippen LogP contribution in [0.4, 0.5) is 0 Å². The predicted octanol–water partition coefficient (Wildman–Crippen LogP) is 12.8. The van der Waals surface area contributed by atoms with Gasteiger partial charge in [0.15, 0.2) is 8.07 Å². The van der Waals surface area contributed by atoms with Gasteiger partial charge in [0.2, 0.25) is 0 Å². The Balaban J connectivity index is 1.80. The summed E-state index contributed by atoms with van der Waals surface area (Å²) in [6.45, 7) is 30.2. The predicted molar refractivity (Wildman–Crippen MR) is 243 cm³/mol. The minimum atomic E-state index is -3.22. The van der Waals surface area contributed by atoms with Gasteiger partial charge in [-0.2, -0.15) is 0 Å². The summed E-state index contributed by atoms with van der Waals surface area (Å²) < 4.78 is 0. The molecule has 0 bridgehead atoms. The fourth-order valence-electron chi connectivity index (χ4n) is 10.7. The molecule has 1 aliphatic carbocycles. The van der Waals surface area contributed by atoms with Gasteiger partial charge in [0.05, 0.1) is 0 Å². The lowest BCUT2D eigenvalue weighted by Crippen LogP contribution is -2.71. The van der Waals surface area contributed by atoms with Crippen LogP contribution >= 0.6 is 0 Å². The van der Waals surface area contributed by atoms with E-state index in [0.29, 0.717) is 0 Å². The molecule has 0 saturated heterocycles. The maximum atomic E-state index is 2.52. The second kappa shape index (κ2) is 14.6. The van der Waals surface area contributed by atoms with E-state index in [1.54, 1.807) is 5.20 Å². The summed E-state index contributed by atoms with van der Waals surface area (Å²) in [6, 6.07) is 42.9. The average molecular weight is 735 g/mol. The molecule has 0 spiro atoms. The summed E-state index contributed by atoms with van der Waals surface area (Å²) in [7, 11) is -3.22. The van der Waals surface area contributed by atoms with E-state index in [9.17, 15) is 0 Å². The highest BCUT2D eigenvalue weighted by Crippen LogP contribution is 2.45. The van der Waals surface area contributed by atoms with Gasteiger partial charge in [0.1, 0.15) is 0 Å². The van der Waals surface area contributed by atoms with Crippen LogP contribution in [-0.4, -0.2) is 8.07 Å². The van der Waals surface area contributed by atoms with Crippen LogP contribution in [0, 0.1) is 68.2 Å². The molecule has 0 nitrogen and oxygen atoms in total. The van der Waals surface area contributed by atoms with Gasteiger partial charge >= 0.3 is 0 Å². The zero-order chi connectivity index (χ0) is 39.5. The molecule has 0 aliphatic heterocycles. The SMILES string of the molecule is CC1=C(C)C(C)C([Si](c2ccccc2-c2c(C)cc(C)cc2C)(c2ccccc2-c2c(C)cc(C)cc2C)c2ccccc2-c2c(C)cc(C)cc2C)=C1C. The van der Waals surface area contributed by atoms with E-state index in [1.165, 1.54) is 116 Å². The van der Waals surface area contributed by atoms with Crippen LogP contribution in [0.2, 0.25) is 0 Å². The first-order valence-electron chi connectivity index (χ1n) is 20.1. The maximum Gasteiger partial charge on any atom is 0.178 e. The molecule has 0 N–H and O–H groups in total. The standard InChI is InChI=1S/C54H58Si/c1-32-26-35(4)51(36(5)27-32)45-20-14-17-23-48(45)55(54-43(12)41(10)42(11)44(54)13,49-24-18-15-21-46(49)52-37(6)28-33(2)29-38(52)7)50-25-19-16-22-47(50)53-39(8)30-34(3)31-40(53)9/h14-31,43H,1-13H3. The monoisotopic (exact) mass is 734 g/mol. The number of aryl methyl sites for hydroxylation is 9. The van der Waals surface area contributed by atoms with Crippen molar-refractivity contribution in [1.29, 1.82) is 0 Å². The van der Waals surface area contributed by atoms with Gasteiger partial charge in [0.25, 0.3) is 0 Å². The Bertz CT molecular complexity index is 2260. The van der Waals surface area contributed by atoms with Crippen LogP contribution in [0.5, 0.6) is 0 Å². The molecule has 0 heterocycles. The van der Waals surface area contributed by atoms with Gasteiger partial charge in [-0.15, -0.1) is 0 Å². The molecular weight excluding hydrogens is 677 g/mol. The smallest absolute Gasteiger partial charge is 0.0636 e. The third-order valence-electron chi connectivity index (χ3n) is 12.9. The maximum absolute atomic E-state index is 3.22. The Hall–Kier alpha value is -4.98. The zero-order valence-electron chi connectivity index (χ0n) is 35.5. The van der Waals surface area contributed by atoms with E-state index in [-0.39, 0.29) is 5.92 Å². The highest BCUT2D eigenvalue weighted by atomic mass is 28.3. The molecule has 55 heavy (non-hydrogen) atoms. The molecule has 1 unspecified atom stereocenters. The first-order chi connectivity index (χ1) is 26.2. The van der Waals surface area contributed by atoms with Gasteiger partial charge in [-0.05, 0) is 177 Å². The lowest BCUT2D eigenvalue weighted by atomic mass is 9.93. The highest BCUT2D eigenvalue weighted by Gasteiger charge is 2.51. The molecular formula is C54H58Si. The number of benzene rings is 6. The van der Waals surface area contributed by atoms with Crippen LogP contribution in [0.1, 0.15) is 77.8 Å². The van der Waals surface area contributed by atoms with Crippen molar-refractivity contribution in [3.63, 3.8) is 0 Å². The first kappa shape index (κ1) is 38.3. The zero-order valence-corrected chi connectivity index (χ0v) is 36.5. The van der Waals surface area contributed by atoms with Crippen LogP contribution in [0.15, 0.2) is 131 Å². The molecule has 1 aliphatic rings. The molecule has 1 heteroatoms. The topological polar surface area (TPSA) is 0 Å². The van der Waals surface area contributed by atoms with Gasteiger partial charge < -0.3 is 0 Å². The summed E-state index contributed by atoms with van der Waals surface area (Å²) in [5.74, 6) is 0.279. The molecule has 278 valence electrons. The first-order valence-corrected chi connectivity index (χ1v) is 22.1. The van der Waals surface area contributed by atoms with Crippen molar-refractivity contribution in [3.8, 4) is 33.4 Å². The lowest BCUT2D eigenvalue weighted by molar-refractivity contribution is 0.851. The Kier molecular flexibility index (Phi) is 10.2. The number of hydrogen-bond acceptors (Lipinski definition) is 0. The fraction of sp³-hybridized carbons (Fsp3) is 0.259. The summed E-state index contributed by atoms with van der Waals surface area (Å²) >= 11 is 0. The number of allylic oxidation sites excluding steroid dienone is 4. The van der Waals surface area contributed by atoms with Gasteiger partial charge in [0, 0.05) is 0 Å². The van der Waals surface area contributed by atoms with E-state index >= 15 is 0 Å². The van der Waals surface area contributed by atoms with Crippen LogP contribution in [0.3, 0.4) is 0 Å². The van der Waals surface area contributed by atoms with Crippen molar-refractivity contribution in [3.05, 3.63) is 181 Å². The number of rotatable bonds is 7. The third-order valence-corrected chi connectivity index (χ3v) is 18.2. The van der Waals surface area contributed by atoms with Gasteiger partial charge in [-0.3, -0.25) is 0 Å². The van der Waals surface area contributed by atoms with Crippen LogP contribution in [-0.2, 0) is 0 Å². The van der Waals surface area contributed by atoms with Crippen molar-refractivity contribution >= 4 is 23.6 Å². The summed E-state index contributed by atoms with van der Waals surface area (Å²) in [6.07, 6.45) is 0. The van der Waals surface area contributed by atoms with Crippen LogP contribution < -0.4 is 15.6 Å². The van der Waals surface area contributed by atoms with Crippen molar-refractivity contribution in [2.75, 3.05) is 0 Å². The molecule has 0 radical (unpaired) electrons. The second-order valence-electron chi connectivity index (χ2n) is 16.8. The van der Waals surface area contributed by atoms with E-state index in [4.69, 9.17) is 0 Å². The third kappa shape index (κ3) is 6.22. The molecule has 0 amide bonds.